The summed E-state index contributed by atoms with van der Waals surface area (Å²) < 4.78 is 0. The Hall–Kier alpha value is -3.03. The van der Waals surface area contributed by atoms with Gasteiger partial charge in [-0.05, 0) is 37.5 Å². The molecule has 1 atom stereocenters. The van der Waals surface area contributed by atoms with Crippen molar-refractivity contribution < 1.29 is 24.0 Å². The molecule has 1 unspecified atom stereocenters. The first-order valence-corrected chi connectivity index (χ1v) is 10.4. The Morgan fingerprint density at radius 1 is 1.13 bits per heavy atom. The molecule has 0 radical (unpaired) electrons. The summed E-state index contributed by atoms with van der Waals surface area (Å²) in [6.45, 7) is 3.92. The second-order valence-corrected chi connectivity index (χ2v) is 8.25. The highest BCUT2D eigenvalue weighted by molar-refractivity contribution is 6.21. The number of fused-ring (bicyclic) bond motifs is 1. The number of hydrogen-bond acceptors (Lipinski definition) is 5. The molecule has 0 spiro atoms. The quantitative estimate of drug-likeness (QED) is 0.499. The smallest absolute Gasteiger partial charge is 0.261 e. The standard InChI is InChI=1S/C22H27N3O5/c1-3-4-5-6-17(26)23-12-14-7-8-15-16(11-14)20(29)25(19(15)28)13-22(2)10-9-18(27)24-21(22)30/h7-8,11H,3-6,9-10,12-13H2,1-2H3,(H,23,26)(H,24,27,30). The van der Waals surface area contributed by atoms with Crippen molar-refractivity contribution in [3.63, 3.8) is 0 Å². The van der Waals surface area contributed by atoms with E-state index in [1.807, 2.05) is 0 Å². The van der Waals surface area contributed by atoms with Crippen molar-refractivity contribution in [1.82, 2.24) is 15.5 Å². The Balaban J connectivity index is 1.67. The Kier molecular flexibility index (Phi) is 6.34. The molecule has 1 fully saturated rings. The predicted octanol–water partition coefficient (Wildman–Crippen LogP) is 1.92. The maximum absolute atomic E-state index is 12.9. The van der Waals surface area contributed by atoms with Crippen LogP contribution in [0.4, 0.5) is 0 Å². The van der Waals surface area contributed by atoms with E-state index < -0.39 is 23.1 Å². The first-order chi connectivity index (χ1) is 14.2. The minimum absolute atomic E-state index is 0.0428. The lowest BCUT2D eigenvalue weighted by Crippen LogP contribution is -2.53. The van der Waals surface area contributed by atoms with E-state index in [-0.39, 0.29) is 48.9 Å². The molecule has 8 nitrogen and oxygen atoms in total. The van der Waals surface area contributed by atoms with Gasteiger partial charge in [-0.25, -0.2) is 0 Å². The number of carbonyl (C=O) groups is 5. The van der Waals surface area contributed by atoms with E-state index in [1.54, 1.807) is 25.1 Å². The first kappa shape index (κ1) is 21.7. The summed E-state index contributed by atoms with van der Waals surface area (Å²) in [5, 5.41) is 5.12. The summed E-state index contributed by atoms with van der Waals surface area (Å²) in [6.07, 6.45) is 3.80. The number of rotatable bonds is 8. The van der Waals surface area contributed by atoms with Gasteiger partial charge in [-0.2, -0.15) is 0 Å². The third-order valence-corrected chi connectivity index (χ3v) is 5.74. The van der Waals surface area contributed by atoms with Gasteiger partial charge >= 0.3 is 0 Å². The number of imide groups is 2. The van der Waals surface area contributed by atoms with Crippen molar-refractivity contribution in [1.29, 1.82) is 0 Å². The van der Waals surface area contributed by atoms with Crippen LogP contribution < -0.4 is 10.6 Å². The molecular weight excluding hydrogens is 386 g/mol. The van der Waals surface area contributed by atoms with Gasteiger partial charge in [0.1, 0.15) is 0 Å². The van der Waals surface area contributed by atoms with Crippen molar-refractivity contribution in [2.45, 2.75) is 58.9 Å². The van der Waals surface area contributed by atoms with Gasteiger partial charge in [0.2, 0.25) is 17.7 Å². The second-order valence-electron chi connectivity index (χ2n) is 8.25. The Morgan fingerprint density at radius 3 is 2.57 bits per heavy atom. The van der Waals surface area contributed by atoms with Gasteiger partial charge in [-0.1, -0.05) is 25.8 Å². The SMILES string of the molecule is CCCCCC(=O)NCc1ccc2c(c1)C(=O)N(CC1(C)CCC(=O)NC1=O)C2=O. The topological polar surface area (TPSA) is 113 Å². The highest BCUT2D eigenvalue weighted by Gasteiger charge is 2.45. The van der Waals surface area contributed by atoms with Gasteiger partial charge in [0.05, 0.1) is 16.5 Å². The molecule has 0 aromatic heterocycles. The van der Waals surface area contributed by atoms with Crippen LogP contribution >= 0.6 is 0 Å². The average Bonchev–Trinajstić information content (AvgIpc) is 2.94. The van der Waals surface area contributed by atoms with Crippen LogP contribution in [0.5, 0.6) is 0 Å². The molecule has 3 rings (SSSR count). The highest BCUT2D eigenvalue weighted by atomic mass is 16.2. The van der Waals surface area contributed by atoms with Crippen LogP contribution in [0.1, 0.15) is 78.7 Å². The third kappa shape index (κ3) is 4.42. The van der Waals surface area contributed by atoms with Gasteiger partial charge in [0.25, 0.3) is 11.8 Å². The predicted molar refractivity (Wildman–Crippen MR) is 108 cm³/mol. The lowest BCUT2D eigenvalue weighted by atomic mass is 9.81. The van der Waals surface area contributed by atoms with Crippen LogP contribution in [-0.4, -0.2) is 41.0 Å². The normalized spacial score (nSPS) is 20.9. The zero-order chi connectivity index (χ0) is 21.9. The number of nitrogens with zero attached hydrogens (tertiary/aromatic N) is 1. The maximum atomic E-state index is 12.9. The molecule has 2 aliphatic rings. The number of carbonyl (C=O) groups excluding carboxylic acids is 5. The van der Waals surface area contributed by atoms with Crippen molar-refractivity contribution in [3.05, 3.63) is 34.9 Å². The highest BCUT2D eigenvalue weighted by Crippen LogP contribution is 2.32. The largest absolute Gasteiger partial charge is 0.352 e. The molecule has 2 N–H and O–H groups in total. The van der Waals surface area contributed by atoms with Crippen LogP contribution in [0.15, 0.2) is 18.2 Å². The van der Waals surface area contributed by atoms with Gasteiger partial charge in [0.15, 0.2) is 0 Å². The van der Waals surface area contributed by atoms with E-state index in [0.717, 1.165) is 29.7 Å². The number of amides is 5. The zero-order valence-corrected chi connectivity index (χ0v) is 17.4. The van der Waals surface area contributed by atoms with E-state index in [2.05, 4.69) is 17.6 Å². The number of benzene rings is 1. The molecule has 1 saturated heterocycles. The van der Waals surface area contributed by atoms with E-state index in [0.29, 0.717) is 6.42 Å². The Labute approximate surface area is 175 Å². The Bertz CT molecular complexity index is 910. The van der Waals surface area contributed by atoms with Gasteiger partial charge < -0.3 is 5.32 Å². The van der Waals surface area contributed by atoms with E-state index >= 15 is 0 Å². The molecule has 160 valence electrons. The van der Waals surface area contributed by atoms with Crippen LogP contribution in [-0.2, 0) is 20.9 Å². The van der Waals surface area contributed by atoms with Crippen molar-refractivity contribution in [2.75, 3.05) is 6.54 Å². The number of hydrogen-bond donors (Lipinski definition) is 2. The molecule has 2 aliphatic heterocycles. The summed E-state index contributed by atoms with van der Waals surface area (Å²) in [4.78, 5) is 62.3. The summed E-state index contributed by atoms with van der Waals surface area (Å²) in [5.41, 5.74) is 0.284. The molecule has 0 aliphatic carbocycles. The molecule has 0 bridgehead atoms. The Morgan fingerprint density at radius 2 is 1.87 bits per heavy atom. The fourth-order valence-electron chi connectivity index (χ4n) is 3.76. The summed E-state index contributed by atoms with van der Waals surface area (Å²) in [6, 6.07) is 4.92. The van der Waals surface area contributed by atoms with Crippen LogP contribution in [0.3, 0.4) is 0 Å². The molecule has 2 heterocycles. The van der Waals surface area contributed by atoms with Crippen LogP contribution in [0.2, 0.25) is 0 Å². The number of nitrogens with one attached hydrogen (secondary N) is 2. The monoisotopic (exact) mass is 413 g/mol. The maximum Gasteiger partial charge on any atom is 0.261 e. The summed E-state index contributed by atoms with van der Waals surface area (Å²) in [5.74, 6) is -1.77. The van der Waals surface area contributed by atoms with E-state index in [9.17, 15) is 24.0 Å². The third-order valence-electron chi connectivity index (χ3n) is 5.74. The number of unbranched alkanes of at least 4 members (excludes halogenated alkanes) is 2. The van der Waals surface area contributed by atoms with Crippen molar-refractivity contribution in [3.8, 4) is 0 Å². The molecular formula is C22H27N3O5. The fourth-order valence-corrected chi connectivity index (χ4v) is 3.76. The lowest BCUT2D eigenvalue weighted by Gasteiger charge is -2.34. The zero-order valence-electron chi connectivity index (χ0n) is 17.4. The van der Waals surface area contributed by atoms with Crippen LogP contribution in [0, 0.1) is 5.41 Å². The lowest BCUT2D eigenvalue weighted by molar-refractivity contribution is -0.141. The van der Waals surface area contributed by atoms with Gasteiger partial charge in [-0.15, -0.1) is 0 Å². The van der Waals surface area contributed by atoms with E-state index in [4.69, 9.17) is 0 Å². The summed E-state index contributed by atoms with van der Waals surface area (Å²) in [7, 11) is 0. The first-order valence-electron chi connectivity index (χ1n) is 10.4. The summed E-state index contributed by atoms with van der Waals surface area (Å²) >= 11 is 0. The fraction of sp³-hybridized carbons (Fsp3) is 0.500. The van der Waals surface area contributed by atoms with Crippen LogP contribution in [0.25, 0.3) is 0 Å². The van der Waals surface area contributed by atoms with Crippen molar-refractivity contribution >= 4 is 29.5 Å². The molecule has 30 heavy (non-hydrogen) atoms. The molecule has 8 heteroatoms. The molecule has 1 aromatic carbocycles. The minimum atomic E-state index is -1.00. The minimum Gasteiger partial charge on any atom is -0.352 e. The average molecular weight is 413 g/mol. The van der Waals surface area contributed by atoms with Gasteiger partial charge in [0, 0.05) is 25.9 Å². The second kappa shape index (κ2) is 8.77. The number of piperidine rings is 1. The van der Waals surface area contributed by atoms with Crippen molar-refractivity contribution in [2.24, 2.45) is 5.41 Å². The molecule has 0 saturated carbocycles. The molecule has 5 amide bonds. The van der Waals surface area contributed by atoms with E-state index in [1.165, 1.54) is 0 Å². The van der Waals surface area contributed by atoms with Gasteiger partial charge in [-0.3, -0.25) is 34.2 Å². The molecule has 1 aromatic rings.